The van der Waals surface area contributed by atoms with Crippen molar-refractivity contribution in [3.8, 4) is 0 Å². The van der Waals surface area contributed by atoms with Crippen molar-refractivity contribution in [3.63, 3.8) is 0 Å². The molecule has 78 valence electrons. The molecule has 0 spiro atoms. The highest BCUT2D eigenvalue weighted by atomic mass is 35.5. The Labute approximate surface area is 94.8 Å². The average molecular weight is 245 g/mol. The van der Waals surface area contributed by atoms with Crippen LogP contribution in [0.3, 0.4) is 0 Å². The Bertz CT molecular complexity index is 447. The number of ketones is 1. The minimum atomic E-state index is -0.589. The molecule has 1 unspecified atom stereocenters. The molecule has 2 rings (SSSR count). The summed E-state index contributed by atoms with van der Waals surface area (Å²) in [6, 6.07) is 3.93. The van der Waals surface area contributed by atoms with Crippen LogP contribution >= 0.6 is 23.4 Å². The molecule has 1 aliphatic heterocycles. The Morgan fingerprint density at radius 1 is 1.53 bits per heavy atom. The van der Waals surface area contributed by atoms with E-state index < -0.39 is 16.3 Å². The second-order valence-electron chi connectivity index (χ2n) is 3.18. The Morgan fingerprint density at radius 2 is 2.27 bits per heavy atom. The molecule has 0 fully saturated rings. The summed E-state index contributed by atoms with van der Waals surface area (Å²) in [6.07, 6.45) is 0.0889. The Kier molecular flexibility index (Phi) is 2.80. The number of halogens is 2. The molecule has 0 aromatic heterocycles. The molecule has 15 heavy (non-hydrogen) atoms. The highest BCUT2D eigenvalue weighted by Gasteiger charge is 2.29. The Balaban J connectivity index is 2.41. The first kappa shape index (κ1) is 10.6. The lowest BCUT2D eigenvalue weighted by atomic mass is 10.1. The van der Waals surface area contributed by atoms with E-state index in [0.29, 0.717) is 10.5 Å². The largest absolute Gasteiger partial charge is 0.294 e. The fourth-order valence-corrected chi connectivity index (χ4v) is 2.76. The summed E-state index contributed by atoms with van der Waals surface area (Å²) >= 11 is 6.46. The summed E-state index contributed by atoms with van der Waals surface area (Å²) in [5, 5.41) is -1.16. The van der Waals surface area contributed by atoms with Crippen molar-refractivity contribution in [2.45, 2.75) is 16.6 Å². The highest BCUT2D eigenvalue weighted by molar-refractivity contribution is 8.01. The van der Waals surface area contributed by atoms with Crippen LogP contribution in [-0.4, -0.2) is 16.3 Å². The standard InChI is InChI=1S/C10H6ClFO2S/c11-10(14)9-4-7(13)6-2-1-5(12)3-8(6)15-9/h1-3,9H,4H2. The Hall–Kier alpha value is -0.870. The lowest BCUT2D eigenvalue weighted by molar-refractivity contribution is -0.111. The number of fused-ring (bicyclic) bond motifs is 1. The molecule has 0 bridgehead atoms. The van der Waals surface area contributed by atoms with E-state index in [1.807, 2.05) is 0 Å². The molecular weight excluding hydrogens is 239 g/mol. The molecule has 0 amide bonds. The SMILES string of the molecule is O=C1CC(C(=O)Cl)Sc2cc(F)ccc21. The predicted octanol–water partition coefficient (Wildman–Crippen LogP) is 2.64. The van der Waals surface area contributed by atoms with Gasteiger partial charge in [-0.05, 0) is 29.8 Å². The second kappa shape index (κ2) is 3.94. The summed E-state index contributed by atoms with van der Waals surface area (Å²) in [4.78, 5) is 23.0. The van der Waals surface area contributed by atoms with E-state index in [4.69, 9.17) is 11.6 Å². The van der Waals surface area contributed by atoms with Crippen LogP contribution in [0.5, 0.6) is 0 Å². The fraction of sp³-hybridized carbons (Fsp3) is 0.200. The van der Waals surface area contributed by atoms with Gasteiger partial charge >= 0.3 is 0 Å². The lowest BCUT2D eigenvalue weighted by Gasteiger charge is -2.19. The van der Waals surface area contributed by atoms with E-state index in [0.717, 1.165) is 11.8 Å². The normalized spacial score (nSPS) is 19.9. The van der Waals surface area contributed by atoms with Crippen LogP contribution in [0.15, 0.2) is 23.1 Å². The Morgan fingerprint density at radius 3 is 2.93 bits per heavy atom. The zero-order valence-corrected chi connectivity index (χ0v) is 9.07. The summed E-state index contributed by atoms with van der Waals surface area (Å²) < 4.78 is 12.9. The monoisotopic (exact) mass is 244 g/mol. The average Bonchev–Trinajstić information content (AvgIpc) is 2.16. The van der Waals surface area contributed by atoms with Crippen LogP contribution in [0.2, 0.25) is 0 Å². The molecule has 1 heterocycles. The zero-order valence-electron chi connectivity index (χ0n) is 7.50. The molecule has 2 nitrogen and oxygen atoms in total. The minimum absolute atomic E-state index is 0.0889. The molecular formula is C10H6ClFO2S. The number of benzene rings is 1. The lowest BCUT2D eigenvalue weighted by Crippen LogP contribution is -2.22. The molecule has 0 saturated heterocycles. The van der Waals surface area contributed by atoms with Crippen LogP contribution in [0, 0.1) is 5.82 Å². The van der Waals surface area contributed by atoms with Crippen molar-refractivity contribution in [1.82, 2.24) is 0 Å². The number of thioether (sulfide) groups is 1. The van der Waals surface area contributed by atoms with Crippen LogP contribution in [0.25, 0.3) is 0 Å². The van der Waals surface area contributed by atoms with E-state index in [2.05, 4.69) is 0 Å². The van der Waals surface area contributed by atoms with Gasteiger partial charge in [-0.2, -0.15) is 0 Å². The van der Waals surface area contributed by atoms with E-state index in [-0.39, 0.29) is 12.2 Å². The van der Waals surface area contributed by atoms with Gasteiger partial charge in [0.15, 0.2) is 5.78 Å². The van der Waals surface area contributed by atoms with Gasteiger partial charge < -0.3 is 0 Å². The first-order valence-corrected chi connectivity index (χ1v) is 5.52. The zero-order chi connectivity index (χ0) is 11.0. The van der Waals surface area contributed by atoms with Crippen molar-refractivity contribution < 1.29 is 14.0 Å². The molecule has 0 radical (unpaired) electrons. The van der Waals surface area contributed by atoms with Crippen LogP contribution in [0.1, 0.15) is 16.8 Å². The quantitative estimate of drug-likeness (QED) is 0.713. The highest BCUT2D eigenvalue weighted by Crippen LogP contribution is 2.36. The van der Waals surface area contributed by atoms with Crippen LogP contribution < -0.4 is 0 Å². The number of hydrogen-bond acceptors (Lipinski definition) is 3. The van der Waals surface area contributed by atoms with Gasteiger partial charge in [-0.1, -0.05) is 0 Å². The van der Waals surface area contributed by atoms with E-state index in [9.17, 15) is 14.0 Å². The maximum atomic E-state index is 12.9. The summed E-state index contributed by atoms with van der Waals surface area (Å²) in [7, 11) is 0. The fourth-order valence-electron chi connectivity index (χ4n) is 1.42. The van der Waals surface area contributed by atoms with Gasteiger partial charge in [-0.15, -0.1) is 11.8 Å². The number of carbonyl (C=O) groups excluding carboxylic acids is 2. The third kappa shape index (κ3) is 2.06. The van der Waals surface area contributed by atoms with Gasteiger partial charge in [-0.25, -0.2) is 4.39 Å². The number of Topliss-reactive ketones (excluding diaryl/α,β-unsaturated/α-hetero) is 1. The predicted molar refractivity (Wildman–Crippen MR) is 55.9 cm³/mol. The van der Waals surface area contributed by atoms with E-state index >= 15 is 0 Å². The number of carbonyl (C=O) groups is 2. The molecule has 1 atom stereocenters. The van der Waals surface area contributed by atoms with Gasteiger partial charge in [0.25, 0.3) is 0 Å². The summed E-state index contributed by atoms with van der Waals surface area (Å²) in [6.45, 7) is 0. The molecule has 1 aromatic rings. The van der Waals surface area contributed by atoms with Crippen molar-refractivity contribution >= 4 is 34.4 Å². The maximum absolute atomic E-state index is 12.9. The van der Waals surface area contributed by atoms with Crippen molar-refractivity contribution in [3.05, 3.63) is 29.6 Å². The van der Waals surface area contributed by atoms with Crippen LogP contribution in [-0.2, 0) is 4.79 Å². The second-order valence-corrected chi connectivity index (χ2v) is 4.80. The van der Waals surface area contributed by atoms with E-state index in [1.54, 1.807) is 0 Å². The maximum Gasteiger partial charge on any atom is 0.235 e. The minimum Gasteiger partial charge on any atom is -0.294 e. The van der Waals surface area contributed by atoms with Gasteiger partial charge in [0.05, 0.1) is 5.25 Å². The summed E-state index contributed by atoms with van der Waals surface area (Å²) in [5.74, 6) is -0.584. The molecule has 0 saturated carbocycles. The van der Waals surface area contributed by atoms with Crippen molar-refractivity contribution in [1.29, 1.82) is 0 Å². The molecule has 1 aromatic carbocycles. The third-order valence-corrected chi connectivity index (χ3v) is 3.79. The van der Waals surface area contributed by atoms with Crippen LogP contribution in [0.4, 0.5) is 4.39 Å². The van der Waals surface area contributed by atoms with Crippen molar-refractivity contribution in [2.75, 3.05) is 0 Å². The topological polar surface area (TPSA) is 34.1 Å². The summed E-state index contributed by atoms with van der Waals surface area (Å²) in [5.41, 5.74) is 0.468. The smallest absolute Gasteiger partial charge is 0.235 e. The molecule has 1 aliphatic rings. The molecule has 0 N–H and O–H groups in total. The number of rotatable bonds is 1. The first-order chi connectivity index (χ1) is 7.08. The van der Waals surface area contributed by atoms with Gasteiger partial charge in [-0.3, -0.25) is 9.59 Å². The van der Waals surface area contributed by atoms with Gasteiger partial charge in [0, 0.05) is 16.9 Å². The van der Waals surface area contributed by atoms with Crippen molar-refractivity contribution in [2.24, 2.45) is 0 Å². The van der Waals surface area contributed by atoms with Gasteiger partial charge in [0.2, 0.25) is 5.24 Å². The third-order valence-electron chi connectivity index (χ3n) is 2.14. The molecule has 5 heteroatoms. The first-order valence-electron chi connectivity index (χ1n) is 4.26. The molecule has 0 aliphatic carbocycles. The number of hydrogen-bond donors (Lipinski definition) is 0. The van der Waals surface area contributed by atoms with E-state index in [1.165, 1.54) is 18.2 Å². The van der Waals surface area contributed by atoms with Gasteiger partial charge in [0.1, 0.15) is 5.82 Å².